The van der Waals surface area contributed by atoms with E-state index in [1.807, 2.05) is 25.1 Å². The zero-order valence-corrected chi connectivity index (χ0v) is 16.1. The second-order valence-electron chi connectivity index (χ2n) is 6.89. The molecule has 1 fully saturated rings. The Morgan fingerprint density at radius 2 is 2.14 bits per heavy atom. The number of aromatic nitrogens is 2. The molecule has 0 saturated carbocycles. The number of carbonyl (C=O) groups excluding carboxylic acids is 2. The molecule has 0 spiro atoms. The first-order valence-corrected chi connectivity index (χ1v) is 9.11. The second kappa shape index (κ2) is 7.75. The number of methoxy groups -OCH3 is 1. The smallest absolute Gasteiger partial charge is 0.254 e. The van der Waals surface area contributed by atoms with Crippen molar-refractivity contribution >= 4 is 17.6 Å². The normalized spacial score (nSPS) is 16.6. The van der Waals surface area contributed by atoms with Gasteiger partial charge < -0.3 is 21.1 Å². The van der Waals surface area contributed by atoms with Gasteiger partial charge in [0.2, 0.25) is 5.91 Å². The van der Waals surface area contributed by atoms with Crippen molar-refractivity contribution in [1.82, 2.24) is 14.7 Å². The van der Waals surface area contributed by atoms with Crippen LogP contribution in [0.1, 0.15) is 34.8 Å². The molecule has 1 aromatic heterocycles. The van der Waals surface area contributed by atoms with Crippen molar-refractivity contribution < 1.29 is 14.3 Å². The van der Waals surface area contributed by atoms with E-state index in [9.17, 15) is 9.59 Å². The van der Waals surface area contributed by atoms with Crippen LogP contribution in [0.15, 0.2) is 30.9 Å². The lowest BCUT2D eigenvalue weighted by Gasteiger charge is -2.32. The van der Waals surface area contributed by atoms with Gasteiger partial charge in [-0.2, -0.15) is 5.10 Å². The number of rotatable bonds is 5. The van der Waals surface area contributed by atoms with Crippen molar-refractivity contribution in [2.75, 3.05) is 25.9 Å². The zero-order valence-electron chi connectivity index (χ0n) is 16.1. The lowest BCUT2D eigenvalue weighted by Crippen LogP contribution is -2.40. The molecule has 3 rings (SSSR count). The Morgan fingerprint density at radius 1 is 1.39 bits per heavy atom. The minimum Gasteiger partial charge on any atom is -0.496 e. The topological polar surface area (TPSA) is 116 Å². The first-order chi connectivity index (χ1) is 13.4. The Balaban J connectivity index is 2.05. The molecule has 8 nitrogen and oxygen atoms in total. The van der Waals surface area contributed by atoms with E-state index in [0.717, 1.165) is 18.4 Å². The molecule has 0 radical (unpaired) electrons. The molecule has 1 aromatic carbocycles. The molecule has 2 amide bonds. The van der Waals surface area contributed by atoms with E-state index in [-0.39, 0.29) is 23.3 Å². The molecule has 28 heavy (non-hydrogen) atoms. The number of ether oxygens (including phenoxy) is 1. The molecule has 1 unspecified atom stereocenters. The number of likely N-dealkylation sites (tertiary alicyclic amines) is 1. The van der Waals surface area contributed by atoms with Crippen LogP contribution in [0.5, 0.6) is 5.75 Å². The third-order valence-corrected chi connectivity index (χ3v) is 5.10. The van der Waals surface area contributed by atoms with Gasteiger partial charge in [-0.05, 0) is 37.5 Å². The fraction of sp³-hybridized carbons (Fsp3) is 0.350. The first kappa shape index (κ1) is 19.5. The average Bonchev–Trinajstić information content (AvgIpc) is 3.05. The number of nitrogens with two attached hydrogens (primary N) is 2. The van der Waals surface area contributed by atoms with Crippen LogP contribution < -0.4 is 16.2 Å². The molecule has 1 aliphatic heterocycles. The standard InChI is InChI=1S/C20H25N5O3/c1-4-16(26)24-9-5-6-14(11-24)25-19(21)17(20(22)27)18(23-25)13-8-7-12(2)15(10-13)28-3/h4,7-8,10,14H,1,5-6,9,11,21H2,2-3H3,(H2,22,27). The van der Waals surface area contributed by atoms with Crippen molar-refractivity contribution in [3.05, 3.63) is 42.0 Å². The van der Waals surface area contributed by atoms with Gasteiger partial charge in [0.1, 0.15) is 22.8 Å². The van der Waals surface area contributed by atoms with Crippen molar-refractivity contribution in [1.29, 1.82) is 0 Å². The Kier molecular flexibility index (Phi) is 5.39. The maximum Gasteiger partial charge on any atom is 0.254 e. The van der Waals surface area contributed by atoms with Crippen molar-refractivity contribution in [3.8, 4) is 17.0 Å². The van der Waals surface area contributed by atoms with E-state index < -0.39 is 5.91 Å². The van der Waals surface area contributed by atoms with Gasteiger partial charge >= 0.3 is 0 Å². The van der Waals surface area contributed by atoms with Gasteiger partial charge in [0.15, 0.2) is 0 Å². The number of carbonyl (C=O) groups is 2. The summed E-state index contributed by atoms with van der Waals surface area (Å²) in [4.78, 5) is 25.8. The molecule has 1 atom stereocenters. The van der Waals surface area contributed by atoms with E-state index in [2.05, 4.69) is 11.7 Å². The predicted octanol–water partition coefficient (Wildman–Crippen LogP) is 1.90. The highest BCUT2D eigenvalue weighted by Crippen LogP contribution is 2.34. The van der Waals surface area contributed by atoms with E-state index >= 15 is 0 Å². The van der Waals surface area contributed by atoms with E-state index in [1.165, 1.54) is 6.08 Å². The number of piperidine rings is 1. The van der Waals surface area contributed by atoms with Crippen LogP contribution in [0.4, 0.5) is 5.82 Å². The summed E-state index contributed by atoms with van der Waals surface area (Å²) in [6, 6.07) is 5.41. The minimum absolute atomic E-state index is 0.131. The summed E-state index contributed by atoms with van der Waals surface area (Å²) in [7, 11) is 1.58. The molecular formula is C20H25N5O3. The molecule has 8 heteroatoms. The third kappa shape index (κ3) is 3.45. The lowest BCUT2D eigenvalue weighted by molar-refractivity contribution is -0.127. The molecule has 2 heterocycles. The summed E-state index contributed by atoms with van der Waals surface area (Å²) in [5.41, 5.74) is 14.1. The number of amides is 2. The number of nitrogens with zero attached hydrogens (tertiary/aromatic N) is 3. The van der Waals surface area contributed by atoms with Gasteiger partial charge in [0.25, 0.3) is 5.91 Å². The van der Waals surface area contributed by atoms with Crippen LogP contribution in [-0.4, -0.2) is 46.7 Å². The molecule has 1 saturated heterocycles. The maximum atomic E-state index is 12.1. The molecular weight excluding hydrogens is 358 g/mol. The number of primary amides is 1. The summed E-state index contributed by atoms with van der Waals surface area (Å²) in [5.74, 6) is 0.114. The Morgan fingerprint density at radius 3 is 2.79 bits per heavy atom. The molecule has 4 N–H and O–H groups in total. The number of aryl methyl sites for hydroxylation is 1. The third-order valence-electron chi connectivity index (χ3n) is 5.10. The fourth-order valence-electron chi connectivity index (χ4n) is 3.62. The van der Waals surface area contributed by atoms with E-state index in [0.29, 0.717) is 30.1 Å². The quantitative estimate of drug-likeness (QED) is 0.765. The fourth-order valence-corrected chi connectivity index (χ4v) is 3.62. The summed E-state index contributed by atoms with van der Waals surface area (Å²) < 4.78 is 6.99. The van der Waals surface area contributed by atoms with Crippen molar-refractivity contribution in [3.63, 3.8) is 0 Å². The number of hydrogen-bond acceptors (Lipinski definition) is 5. The van der Waals surface area contributed by atoms with Crippen LogP contribution in [0, 0.1) is 6.92 Å². The molecule has 148 valence electrons. The average molecular weight is 383 g/mol. The van der Waals surface area contributed by atoms with Crippen LogP contribution >= 0.6 is 0 Å². The largest absolute Gasteiger partial charge is 0.496 e. The van der Waals surface area contributed by atoms with Gasteiger partial charge in [-0.3, -0.25) is 9.59 Å². The minimum atomic E-state index is -0.645. The van der Waals surface area contributed by atoms with Crippen molar-refractivity contribution in [2.45, 2.75) is 25.8 Å². The van der Waals surface area contributed by atoms with Gasteiger partial charge in [0, 0.05) is 18.7 Å². The highest BCUT2D eigenvalue weighted by molar-refractivity contribution is 6.03. The number of nitrogen functional groups attached to an aromatic ring is 1. The SMILES string of the molecule is C=CC(=O)N1CCCC(n2nc(-c3ccc(C)c(OC)c3)c(C(N)=O)c2N)C1. The molecule has 2 aromatic rings. The summed E-state index contributed by atoms with van der Waals surface area (Å²) in [6.45, 7) is 6.58. The Hall–Kier alpha value is -3.29. The van der Waals surface area contributed by atoms with E-state index in [1.54, 1.807) is 16.7 Å². The summed E-state index contributed by atoms with van der Waals surface area (Å²) in [6.07, 6.45) is 2.90. The van der Waals surface area contributed by atoms with Crippen LogP contribution in [0.3, 0.4) is 0 Å². The molecule has 1 aliphatic rings. The Labute approximate surface area is 163 Å². The van der Waals surface area contributed by atoms with Crippen LogP contribution in [-0.2, 0) is 4.79 Å². The predicted molar refractivity (Wildman–Crippen MR) is 107 cm³/mol. The van der Waals surface area contributed by atoms with Gasteiger partial charge in [-0.25, -0.2) is 4.68 Å². The summed E-state index contributed by atoms with van der Waals surface area (Å²) >= 11 is 0. The highest BCUT2D eigenvalue weighted by Gasteiger charge is 2.29. The zero-order chi connectivity index (χ0) is 20.4. The van der Waals surface area contributed by atoms with Crippen LogP contribution in [0.2, 0.25) is 0 Å². The van der Waals surface area contributed by atoms with Gasteiger partial charge in [0.05, 0.1) is 13.2 Å². The number of anilines is 1. The summed E-state index contributed by atoms with van der Waals surface area (Å²) in [5, 5.41) is 4.62. The van der Waals surface area contributed by atoms with Crippen molar-refractivity contribution in [2.24, 2.45) is 5.73 Å². The monoisotopic (exact) mass is 383 g/mol. The van der Waals surface area contributed by atoms with Gasteiger partial charge in [-0.1, -0.05) is 18.7 Å². The van der Waals surface area contributed by atoms with Gasteiger partial charge in [-0.15, -0.1) is 0 Å². The number of benzene rings is 1. The Bertz CT molecular complexity index is 934. The molecule has 0 aliphatic carbocycles. The maximum absolute atomic E-state index is 12.1. The van der Waals surface area contributed by atoms with Crippen LogP contribution in [0.25, 0.3) is 11.3 Å². The van der Waals surface area contributed by atoms with E-state index in [4.69, 9.17) is 16.2 Å². The second-order valence-corrected chi connectivity index (χ2v) is 6.89. The lowest BCUT2D eigenvalue weighted by atomic mass is 10.0. The number of hydrogen-bond donors (Lipinski definition) is 2. The first-order valence-electron chi connectivity index (χ1n) is 9.11. The highest BCUT2D eigenvalue weighted by atomic mass is 16.5. The molecule has 0 bridgehead atoms.